The zero-order valence-electron chi connectivity index (χ0n) is 30.8. The Hall–Kier alpha value is -5.92. The highest BCUT2D eigenvalue weighted by Crippen LogP contribution is 2.54. The summed E-state index contributed by atoms with van der Waals surface area (Å²) in [5, 5.41) is 7.76. The Morgan fingerprint density at radius 1 is 0.415 bits per heavy atom. The second kappa shape index (κ2) is 10.8. The predicted molar refractivity (Wildman–Crippen MR) is 226 cm³/mol. The summed E-state index contributed by atoms with van der Waals surface area (Å²) in [7, 11) is 0. The fraction of sp³-hybridized carbons (Fsp3) is 0.154. The molecule has 0 atom stereocenters. The number of nitrogens with zero attached hydrogens (tertiary/aromatic N) is 1. The molecule has 0 aliphatic heterocycles. The van der Waals surface area contributed by atoms with Crippen molar-refractivity contribution in [2.75, 3.05) is 4.90 Å². The first-order chi connectivity index (χ1) is 25.8. The molecule has 53 heavy (non-hydrogen) atoms. The zero-order chi connectivity index (χ0) is 35.6. The van der Waals surface area contributed by atoms with E-state index in [1.165, 1.54) is 105 Å². The molecule has 0 heterocycles. The Bertz CT molecular complexity index is 2870. The van der Waals surface area contributed by atoms with Crippen molar-refractivity contribution in [1.29, 1.82) is 0 Å². The van der Waals surface area contributed by atoms with Gasteiger partial charge in [0.05, 0.1) is 0 Å². The van der Waals surface area contributed by atoms with Crippen molar-refractivity contribution in [3.63, 3.8) is 0 Å². The fourth-order valence-electron chi connectivity index (χ4n) is 10.1. The van der Waals surface area contributed by atoms with E-state index in [1.54, 1.807) is 0 Å². The summed E-state index contributed by atoms with van der Waals surface area (Å²) in [5.74, 6) is 0. The molecule has 0 aromatic heterocycles. The van der Waals surface area contributed by atoms with Crippen molar-refractivity contribution in [1.82, 2.24) is 0 Å². The summed E-state index contributed by atoms with van der Waals surface area (Å²) in [4.78, 5) is 2.51. The van der Waals surface area contributed by atoms with Crippen LogP contribution < -0.4 is 4.90 Å². The molecule has 3 aliphatic rings. The lowest BCUT2D eigenvalue weighted by molar-refractivity contribution is 0.659. The van der Waals surface area contributed by atoms with E-state index in [0.717, 1.165) is 12.8 Å². The van der Waals surface area contributed by atoms with Crippen LogP contribution in [0.4, 0.5) is 17.1 Å². The van der Waals surface area contributed by atoms with E-state index in [2.05, 4.69) is 184 Å². The topological polar surface area (TPSA) is 3.24 Å². The Labute approximate surface area is 311 Å². The van der Waals surface area contributed by atoms with Crippen molar-refractivity contribution in [2.45, 2.75) is 51.4 Å². The molecule has 0 bridgehead atoms. The third kappa shape index (κ3) is 4.25. The van der Waals surface area contributed by atoms with Gasteiger partial charge in [-0.2, -0.15) is 0 Å². The SMILES string of the molecule is CC1(C)c2ccccc2-c2ccc(N(c3ccc4c(c3)-c3cc5c(cc3C4(C)C)C=CCC5)c3ccc4c5ccccc5c5ccccc5c4c3)cc21. The van der Waals surface area contributed by atoms with Crippen LogP contribution in [0.2, 0.25) is 0 Å². The molecular weight excluding hydrogens is 639 g/mol. The number of aryl methyl sites for hydroxylation is 1. The van der Waals surface area contributed by atoms with E-state index >= 15 is 0 Å². The molecule has 3 aliphatic carbocycles. The molecule has 8 aromatic carbocycles. The van der Waals surface area contributed by atoms with Crippen LogP contribution in [0.3, 0.4) is 0 Å². The summed E-state index contributed by atoms with van der Waals surface area (Å²) >= 11 is 0. The van der Waals surface area contributed by atoms with E-state index in [9.17, 15) is 0 Å². The van der Waals surface area contributed by atoms with Gasteiger partial charge >= 0.3 is 0 Å². The Morgan fingerprint density at radius 3 is 1.70 bits per heavy atom. The second-order valence-corrected chi connectivity index (χ2v) is 16.4. The minimum atomic E-state index is -0.0967. The zero-order valence-corrected chi connectivity index (χ0v) is 30.8. The normalized spacial score (nSPS) is 15.6. The number of anilines is 3. The predicted octanol–water partition coefficient (Wildman–Crippen LogP) is 14.2. The lowest BCUT2D eigenvalue weighted by Gasteiger charge is -2.29. The molecule has 11 rings (SSSR count). The Balaban J connectivity index is 1.17. The van der Waals surface area contributed by atoms with Crippen molar-refractivity contribution in [2.24, 2.45) is 0 Å². The van der Waals surface area contributed by atoms with Gasteiger partial charge in [-0.25, -0.2) is 0 Å². The maximum absolute atomic E-state index is 2.51. The highest BCUT2D eigenvalue weighted by atomic mass is 15.1. The summed E-state index contributed by atoms with van der Waals surface area (Å²) in [6.07, 6.45) is 6.87. The highest BCUT2D eigenvalue weighted by molar-refractivity contribution is 6.25. The molecule has 0 spiro atoms. The van der Waals surface area contributed by atoms with Gasteiger partial charge < -0.3 is 4.90 Å². The monoisotopic (exact) mass is 679 g/mol. The first kappa shape index (κ1) is 30.7. The number of fused-ring (bicyclic) bond motifs is 13. The van der Waals surface area contributed by atoms with Crippen LogP contribution in [0, 0.1) is 0 Å². The molecule has 0 fully saturated rings. The average molecular weight is 680 g/mol. The maximum Gasteiger partial charge on any atom is 0.0468 e. The molecule has 0 N–H and O–H groups in total. The Morgan fingerprint density at radius 2 is 0.943 bits per heavy atom. The van der Waals surface area contributed by atoms with E-state index < -0.39 is 0 Å². The molecule has 8 aromatic rings. The highest BCUT2D eigenvalue weighted by Gasteiger charge is 2.38. The number of hydrogen-bond donors (Lipinski definition) is 0. The van der Waals surface area contributed by atoms with Crippen molar-refractivity contribution in [3.05, 3.63) is 179 Å². The van der Waals surface area contributed by atoms with E-state index in [-0.39, 0.29) is 10.8 Å². The van der Waals surface area contributed by atoms with E-state index in [1.807, 2.05) is 0 Å². The van der Waals surface area contributed by atoms with Crippen LogP contribution in [0.1, 0.15) is 67.5 Å². The first-order valence-corrected chi connectivity index (χ1v) is 19.2. The molecule has 0 saturated heterocycles. The first-order valence-electron chi connectivity index (χ1n) is 19.2. The molecule has 254 valence electrons. The number of allylic oxidation sites excluding steroid dienone is 1. The third-order valence-corrected chi connectivity index (χ3v) is 12.9. The van der Waals surface area contributed by atoms with Crippen LogP contribution in [0.15, 0.2) is 146 Å². The fourth-order valence-corrected chi connectivity index (χ4v) is 10.1. The van der Waals surface area contributed by atoms with Crippen molar-refractivity contribution >= 4 is 55.5 Å². The van der Waals surface area contributed by atoms with Crippen LogP contribution in [-0.2, 0) is 17.3 Å². The number of benzene rings is 8. The standard InChI is InChI=1S/C52H41N/c1-51(2)47-20-12-11-19-42(47)43-25-22-36(31-50(43)51)53(34-21-24-41-39-17-8-7-15-37(39)38-16-9-10-18-40(38)44(41)29-34)35-23-26-48-46(30-35)45-27-32-13-5-6-14-33(32)28-49(45)52(48,3)4/h6-12,14-31H,5,13H2,1-4H3. The van der Waals surface area contributed by atoms with Crippen LogP contribution >= 0.6 is 0 Å². The lowest BCUT2D eigenvalue weighted by Crippen LogP contribution is -2.17. The summed E-state index contributed by atoms with van der Waals surface area (Å²) in [5.41, 5.74) is 17.3. The second-order valence-electron chi connectivity index (χ2n) is 16.4. The molecule has 1 heteroatoms. The van der Waals surface area contributed by atoms with Gasteiger partial charge in [-0.15, -0.1) is 0 Å². The molecule has 0 saturated carbocycles. The smallest absolute Gasteiger partial charge is 0.0468 e. The molecule has 0 radical (unpaired) electrons. The van der Waals surface area contributed by atoms with Crippen molar-refractivity contribution in [3.8, 4) is 22.3 Å². The lowest BCUT2D eigenvalue weighted by atomic mass is 9.81. The average Bonchev–Trinajstić information content (AvgIpc) is 3.55. The quantitative estimate of drug-likeness (QED) is 0.168. The van der Waals surface area contributed by atoms with E-state index in [4.69, 9.17) is 0 Å². The maximum atomic E-state index is 2.51. The van der Waals surface area contributed by atoms with E-state index in [0.29, 0.717) is 0 Å². The minimum Gasteiger partial charge on any atom is -0.310 e. The molecule has 0 amide bonds. The van der Waals surface area contributed by atoms with Gasteiger partial charge in [0.2, 0.25) is 0 Å². The van der Waals surface area contributed by atoms with Gasteiger partial charge in [0, 0.05) is 27.9 Å². The number of hydrogen-bond acceptors (Lipinski definition) is 1. The van der Waals surface area contributed by atoms with Crippen LogP contribution in [0.25, 0.3) is 60.6 Å². The molecule has 0 unspecified atom stereocenters. The van der Waals surface area contributed by atoms with Gasteiger partial charge in [-0.05, 0) is 143 Å². The molecular formula is C52H41N. The van der Waals surface area contributed by atoms with Gasteiger partial charge in [-0.3, -0.25) is 0 Å². The van der Waals surface area contributed by atoms with Gasteiger partial charge in [0.15, 0.2) is 0 Å². The van der Waals surface area contributed by atoms with Gasteiger partial charge in [-0.1, -0.05) is 137 Å². The minimum absolute atomic E-state index is 0.0688. The largest absolute Gasteiger partial charge is 0.310 e. The van der Waals surface area contributed by atoms with Crippen molar-refractivity contribution < 1.29 is 0 Å². The van der Waals surface area contributed by atoms with Gasteiger partial charge in [0.25, 0.3) is 0 Å². The Kier molecular flexibility index (Phi) is 6.26. The van der Waals surface area contributed by atoms with Gasteiger partial charge in [0.1, 0.15) is 0 Å². The summed E-state index contributed by atoms with van der Waals surface area (Å²) in [6, 6.07) is 53.2. The van der Waals surface area contributed by atoms with Crippen LogP contribution in [-0.4, -0.2) is 0 Å². The number of rotatable bonds is 3. The summed E-state index contributed by atoms with van der Waals surface area (Å²) in [6.45, 7) is 9.55. The molecule has 1 nitrogen and oxygen atoms in total. The van der Waals surface area contributed by atoms with Crippen LogP contribution in [0.5, 0.6) is 0 Å². The third-order valence-electron chi connectivity index (χ3n) is 12.9. The summed E-state index contributed by atoms with van der Waals surface area (Å²) < 4.78 is 0.